The molecule has 0 radical (unpaired) electrons. The zero-order valence-electron chi connectivity index (χ0n) is 12.8. The highest BCUT2D eigenvalue weighted by atomic mass is 19.1. The molecule has 1 aliphatic heterocycles. The van der Waals surface area contributed by atoms with E-state index < -0.39 is 0 Å². The van der Waals surface area contributed by atoms with E-state index in [0.717, 1.165) is 43.1 Å². The smallest absolute Gasteiger partial charge is 0.123 e. The molecule has 2 aromatic rings. The third-order valence-electron chi connectivity index (χ3n) is 3.98. The highest BCUT2D eigenvalue weighted by molar-refractivity contribution is 5.65. The summed E-state index contributed by atoms with van der Waals surface area (Å²) in [4.78, 5) is 2.23. The van der Waals surface area contributed by atoms with E-state index in [1.165, 1.54) is 12.1 Å². The van der Waals surface area contributed by atoms with Gasteiger partial charge in [0, 0.05) is 38.4 Å². The molecule has 1 fully saturated rings. The molecule has 1 heterocycles. The molecule has 2 aromatic carbocycles. The molecule has 0 atom stereocenters. The van der Waals surface area contributed by atoms with Gasteiger partial charge >= 0.3 is 0 Å². The lowest BCUT2D eigenvalue weighted by atomic mass is 10.1. The Labute approximate surface area is 135 Å². The minimum absolute atomic E-state index is 0.235. The third-order valence-corrected chi connectivity index (χ3v) is 3.98. The fraction of sp³-hybridized carbons (Fsp3) is 0.278. The van der Waals surface area contributed by atoms with E-state index in [0.29, 0.717) is 12.1 Å². The molecule has 0 bridgehead atoms. The van der Waals surface area contributed by atoms with E-state index in [-0.39, 0.29) is 5.82 Å². The molecule has 0 aliphatic carbocycles. The molecule has 0 aromatic heterocycles. The molecule has 2 N–H and O–H groups in total. The lowest BCUT2D eigenvalue weighted by Crippen LogP contribution is -2.43. The number of rotatable bonds is 4. The fourth-order valence-electron chi connectivity index (χ4n) is 2.72. The normalized spacial score (nSPS) is 14.3. The standard InChI is InChI=1S/C18H19FN4/c19-16-3-1-14(2-4-16)13-22-17-5-6-18(15(11-17)12-20)23-9-7-21-8-10-23/h1-6,11,21-22H,7-10,13H2. The van der Waals surface area contributed by atoms with Crippen molar-refractivity contribution in [3.8, 4) is 6.07 Å². The molecule has 1 saturated heterocycles. The van der Waals surface area contributed by atoms with E-state index in [1.807, 2.05) is 18.2 Å². The van der Waals surface area contributed by atoms with Crippen molar-refractivity contribution >= 4 is 11.4 Å². The summed E-state index contributed by atoms with van der Waals surface area (Å²) < 4.78 is 12.9. The number of nitriles is 1. The Kier molecular flexibility index (Phi) is 4.74. The fourth-order valence-corrected chi connectivity index (χ4v) is 2.72. The molecule has 0 saturated carbocycles. The molecule has 5 heteroatoms. The maximum atomic E-state index is 12.9. The first-order chi connectivity index (χ1) is 11.3. The lowest BCUT2D eigenvalue weighted by Gasteiger charge is -2.30. The first-order valence-electron chi connectivity index (χ1n) is 7.74. The summed E-state index contributed by atoms with van der Waals surface area (Å²) in [6, 6.07) is 14.6. The number of hydrogen-bond donors (Lipinski definition) is 2. The monoisotopic (exact) mass is 310 g/mol. The second-order valence-corrected chi connectivity index (χ2v) is 5.56. The maximum absolute atomic E-state index is 12.9. The molecule has 0 spiro atoms. The SMILES string of the molecule is N#Cc1cc(NCc2ccc(F)cc2)ccc1N1CCNCC1. The molecular weight excluding hydrogens is 291 g/mol. The lowest BCUT2D eigenvalue weighted by molar-refractivity contribution is 0.589. The van der Waals surface area contributed by atoms with Gasteiger partial charge in [0.15, 0.2) is 0 Å². The van der Waals surface area contributed by atoms with E-state index in [9.17, 15) is 9.65 Å². The van der Waals surface area contributed by atoms with Crippen LogP contribution in [0.5, 0.6) is 0 Å². The second-order valence-electron chi connectivity index (χ2n) is 5.56. The van der Waals surface area contributed by atoms with Crippen molar-refractivity contribution in [1.82, 2.24) is 5.32 Å². The number of nitrogens with one attached hydrogen (secondary N) is 2. The van der Waals surface area contributed by atoms with Crippen molar-refractivity contribution in [2.24, 2.45) is 0 Å². The zero-order chi connectivity index (χ0) is 16.1. The van der Waals surface area contributed by atoms with Crippen molar-refractivity contribution in [2.75, 3.05) is 36.4 Å². The predicted molar refractivity (Wildman–Crippen MR) is 90.0 cm³/mol. The first kappa shape index (κ1) is 15.3. The Morgan fingerprint density at radius 3 is 2.57 bits per heavy atom. The number of anilines is 2. The maximum Gasteiger partial charge on any atom is 0.123 e. The van der Waals surface area contributed by atoms with Crippen LogP contribution in [-0.4, -0.2) is 26.2 Å². The first-order valence-corrected chi connectivity index (χ1v) is 7.74. The number of nitrogens with zero attached hydrogens (tertiary/aromatic N) is 2. The predicted octanol–water partition coefficient (Wildman–Crippen LogP) is 2.72. The van der Waals surface area contributed by atoms with Crippen molar-refractivity contribution < 1.29 is 4.39 Å². The van der Waals surface area contributed by atoms with Crippen molar-refractivity contribution in [3.63, 3.8) is 0 Å². The van der Waals surface area contributed by atoms with Gasteiger partial charge in [-0.05, 0) is 35.9 Å². The summed E-state index contributed by atoms with van der Waals surface area (Å²) in [5, 5.41) is 16.0. The summed E-state index contributed by atoms with van der Waals surface area (Å²) in [5.74, 6) is -0.235. The molecule has 3 rings (SSSR count). The van der Waals surface area contributed by atoms with Gasteiger partial charge in [0.2, 0.25) is 0 Å². The Balaban J connectivity index is 1.71. The number of hydrogen-bond acceptors (Lipinski definition) is 4. The van der Waals surface area contributed by atoms with Gasteiger partial charge in [-0.1, -0.05) is 12.1 Å². The van der Waals surface area contributed by atoms with Gasteiger partial charge in [-0.3, -0.25) is 0 Å². The van der Waals surface area contributed by atoms with Crippen LogP contribution < -0.4 is 15.5 Å². The van der Waals surface area contributed by atoms with Crippen LogP contribution in [0.3, 0.4) is 0 Å². The van der Waals surface area contributed by atoms with Crippen LogP contribution in [-0.2, 0) is 6.54 Å². The molecule has 4 nitrogen and oxygen atoms in total. The molecular formula is C18H19FN4. The average Bonchev–Trinajstić information content (AvgIpc) is 2.62. The van der Waals surface area contributed by atoms with Crippen molar-refractivity contribution in [2.45, 2.75) is 6.54 Å². The minimum atomic E-state index is -0.235. The van der Waals surface area contributed by atoms with Gasteiger partial charge in [0.05, 0.1) is 11.3 Å². The summed E-state index contributed by atoms with van der Waals surface area (Å²) in [5.41, 5.74) is 3.55. The van der Waals surface area contributed by atoms with Crippen LogP contribution in [0.15, 0.2) is 42.5 Å². The molecule has 0 unspecified atom stereocenters. The van der Waals surface area contributed by atoms with Crippen LogP contribution >= 0.6 is 0 Å². The van der Waals surface area contributed by atoms with Crippen molar-refractivity contribution in [3.05, 3.63) is 59.4 Å². The third kappa shape index (κ3) is 3.79. The summed E-state index contributed by atoms with van der Waals surface area (Å²) in [6.45, 7) is 4.30. The Morgan fingerprint density at radius 1 is 1.13 bits per heavy atom. The minimum Gasteiger partial charge on any atom is -0.381 e. The number of benzene rings is 2. The largest absolute Gasteiger partial charge is 0.381 e. The molecule has 0 amide bonds. The quantitative estimate of drug-likeness (QED) is 0.912. The number of piperazine rings is 1. The van der Waals surface area contributed by atoms with Crippen LogP contribution in [0.1, 0.15) is 11.1 Å². The Hall–Kier alpha value is -2.58. The van der Waals surface area contributed by atoms with Crippen LogP contribution in [0.2, 0.25) is 0 Å². The van der Waals surface area contributed by atoms with Gasteiger partial charge in [-0.2, -0.15) is 5.26 Å². The van der Waals surface area contributed by atoms with Crippen molar-refractivity contribution in [1.29, 1.82) is 5.26 Å². The summed E-state index contributed by atoms with van der Waals surface area (Å²) in [7, 11) is 0. The summed E-state index contributed by atoms with van der Waals surface area (Å²) >= 11 is 0. The second kappa shape index (κ2) is 7.12. The van der Waals surface area contributed by atoms with E-state index in [1.54, 1.807) is 12.1 Å². The topological polar surface area (TPSA) is 51.1 Å². The van der Waals surface area contributed by atoms with E-state index in [4.69, 9.17) is 0 Å². The molecule has 23 heavy (non-hydrogen) atoms. The van der Waals surface area contributed by atoms with E-state index in [2.05, 4.69) is 21.6 Å². The summed E-state index contributed by atoms with van der Waals surface area (Å²) in [6.07, 6.45) is 0. The van der Waals surface area contributed by atoms with Gasteiger partial charge in [-0.15, -0.1) is 0 Å². The number of halogens is 1. The Bertz CT molecular complexity index is 700. The Morgan fingerprint density at radius 2 is 1.87 bits per heavy atom. The van der Waals surface area contributed by atoms with Crippen LogP contribution in [0.25, 0.3) is 0 Å². The van der Waals surface area contributed by atoms with Gasteiger partial charge in [0.25, 0.3) is 0 Å². The molecule has 1 aliphatic rings. The van der Waals surface area contributed by atoms with Gasteiger partial charge < -0.3 is 15.5 Å². The van der Waals surface area contributed by atoms with Crippen LogP contribution in [0.4, 0.5) is 15.8 Å². The van der Waals surface area contributed by atoms with E-state index >= 15 is 0 Å². The average molecular weight is 310 g/mol. The highest BCUT2D eigenvalue weighted by Gasteiger charge is 2.14. The van der Waals surface area contributed by atoms with Gasteiger partial charge in [0.1, 0.15) is 11.9 Å². The highest BCUT2D eigenvalue weighted by Crippen LogP contribution is 2.24. The molecule has 118 valence electrons. The zero-order valence-corrected chi connectivity index (χ0v) is 12.8. The van der Waals surface area contributed by atoms with Crippen LogP contribution in [0, 0.1) is 17.1 Å². The van der Waals surface area contributed by atoms with Gasteiger partial charge in [-0.25, -0.2) is 4.39 Å².